The van der Waals surface area contributed by atoms with Crippen molar-refractivity contribution < 1.29 is 0 Å². The first kappa shape index (κ1) is 13.2. The van der Waals surface area contributed by atoms with Crippen molar-refractivity contribution in [3.63, 3.8) is 0 Å². The lowest BCUT2D eigenvalue weighted by Crippen LogP contribution is -2.03. The topological polar surface area (TPSA) is 53.6 Å². The van der Waals surface area contributed by atoms with Crippen LogP contribution in [-0.2, 0) is 20.0 Å². The quantitative estimate of drug-likeness (QED) is 0.912. The summed E-state index contributed by atoms with van der Waals surface area (Å²) in [7, 11) is 1.93. The van der Waals surface area contributed by atoms with Crippen LogP contribution in [-0.4, -0.2) is 9.78 Å². The number of nitrogens with one attached hydrogen (secondary N) is 1. The van der Waals surface area contributed by atoms with E-state index in [9.17, 15) is 0 Å². The Bertz CT molecular complexity index is 620. The summed E-state index contributed by atoms with van der Waals surface area (Å²) in [6, 6.07) is 8.01. The smallest absolute Gasteiger partial charge is 0.101 e. The summed E-state index contributed by atoms with van der Waals surface area (Å²) in [6.45, 7) is 4.81. The molecule has 0 bridgehead atoms. The predicted molar refractivity (Wildman–Crippen MR) is 75.8 cm³/mol. The zero-order valence-corrected chi connectivity index (χ0v) is 11.6. The monoisotopic (exact) mass is 254 g/mol. The summed E-state index contributed by atoms with van der Waals surface area (Å²) in [4.78, 5) is 0. The van der Waals surface area contributed by atoms with Crippen molar-refractivity contribution in [1.29, 1.82) is 5.26 Å². The Kier molecular flexibility index (Phi) is 3.86. The van der Waals surface area contributed by atoms with Crippen molar-refractivity contribution in [2.45, 2.75) is 26.8 Å². The third-order valence-corrected chi connectivity index (χ3v) is 3.09. The van der Waals surface area contributed by atoms with Gasteiger partial charge in [-0.1, -0.05) is 13.0 Å². The van der Waals surface area contributed by atoms with Crippen molar-refractivity contribution in [1.82, 2.24) is 9.78 Å². The fraction of sp³-hybridized carbons (Fsp3) is 0.333. The van der Waals surface area contributed by atoms with E-state index in [0.717, 1.165) is 23.4 Å². The van der Waals surface area contributed by atoms with Gasteiger partial charge in [-0.2, -0.15) is 10.4 Å². The maximum absolute atomic E-state index is 9.10. The molecule has 2 rings (SSSR count). The fourth-order valence-electron chi connectivity index (χ4n) is 2.12. The van der Waals surface area contributed by atoms with Crippen LogP contribution in [0.1, 0.15) is 29.3 Å². The number of benzene rings is 1. The second kappa shape index (κ2) is 5.57. The highest BCUT2D eigenvalue weighted by Gasteiger charge is 2.07. The van der Waals surface area contributed by atoms with E-state index in [-0.39, 0.29) is 0 Å². The molecule has 19 heavy (non-hydrogen) atoms. The van der Waals surface area contributed by atoms with Crippen molar-refractivity contribution >= 4 is 5.69 Å². The Labute approximate surface area is 113 Å². The van der Waals surface area contributed by atoms with Crippen LogP contribution < -0.4 is 5.32 Å². The highest BCUT2D eigenvalue weighted by Crippen LogP contribution is 2.18. The Morgan fingerprint density at radius 1 is 1.42 bits per heavy atom. The van der Waals surface area contributed by atoms with E-state index >= 15 is 0 Å². The normalized spacial score (nSPS) is 10.2. The van der Waals surface area contributed by atoms with E-state index < -0.39 is 0 Å². The largest absolute Gasteiger partial charge is 0.380 e. The number of aromatic nitrogens is 2. The minimum absolute atomic E-state index is 0.674. The van der Waals surface area contributed by atoms with E-state index in [0.29, 0.717) is 12.1 Å². The molecule has 0 atom stereocenters. The first-order valence-electron chi connectivity index (χ1n) is 6.40. The number of rotatable bonds is 4. The van der Waals surface area contributed by atoms with Gasteiger partial charge in [0.05, 0.1) is 16.9 Å². The van der Waals surface area contributed by atoms with Gasteiger partial charge in [0.2, 0.25) is 0 Å². The molecule has 2 aromatic rings. The van der Waals surface area contributed by atoms with Gasteiger partial charge < -0.3 is 5.32 Å². The van der Waals surface area contributed by atoms with Gasteiger partial charge in [0.15, 0.2) is 0 Å². The van der Waals surface area contributed by atoms with Crippen molar-refractivity contribution in [3.05, 3.63) is 46.8 Å². The van der Waals surface area contributed by atoms with Crippen LogP contribution >= 0.6 is 0 Å². The zero-order valence-electron chi connectivity index (χ0n) is 11.6. The molecule has 4 heteroatoms. The lowest BCUT2D eigenvalue weighted by atomic mass is 10.1. The number of nitrogens with zero attached hydrogens (tertiary/aromatic N) is 3. The molecule has 0 radical (unpaired) electrons. The Morgan fingerprint density at radius 3 is 2.89 bits per heavy atom. The maximum Gasteiger partial charge on any atom is 0.101 e. The van der Waals surface area contributed by atoms with Crippen molar-refractivity contribution in [2.75, 3.05) is 5.32 Å². The number of hydrogen-bond donors (Lipinski definition) is 1. The molecule has 0 saturated carbocycles. The van der Waals surface area contributed by atoms with Gasteiger partial charge >= 0.3 is 0 Å². The van der Waals surface area contributed by atoms with Crippen LogP contribution in [0, 0.1) is 18.3 Å². The molecule has 0 aliphatic rings. The third-order valence-electron chi connectivity index (χ3n) is 3.09. The van der Waals surface area contributed by atoms with Gasteiger partial charge in [0.25, 0.3) is 0 Å². The Morgan fingerprint density at radius 2 is 2.21 bits per heavy atom. The van der Waals surface area contributed by atoms with E-state index in [2.05, 4.69) is 23.4 Å². The molecule has 0 aliphatic heterocycles. The van der Waals surface area contributed by atoms with Gasteiger partial charge in [0, 0.05) is 25.4 Å². The Balaban J connectivity index is 2.18. The second-order valence-corrected chi connectivity index (χ2v) is 4.64. The molecular weight excluding hydrogens is 236 g/mol. The summed E-state index contributed by atoms with van der Waals surface area (Å²) in [5.41, 5.74) is 4.97. The summed E-state index contributed by atoms with van der Waals surface area (Å²) in [5, 5.41) is 16.9. The van der Waals surface area contributed by atoms with E-state index in [4.69, 9.17) is 5.26 Å². The second-order valence-electron chi connectivity index (χ2n) is 4.64. The number of nitriles is 1. The molecule has 0 saturated heterocycles. The molecule has 0 unspecified atom stereocenters. The highest BCUT2D eigenvalue weighted by molar-refractivity contribution is 5.59. The summed E-state index contributed by atoms with van der Waals surface area (Å²) in [6.07, 6.45) is 2.93. The molecule has 1 N–H and O–H groups in total. The first-order valence-corrected chi connectivity index (χ1v) is 6.40. The molecule has 0 spiro atoms. The summed E-state index contributed by atoms with van der Waals surface area (Å²) < 4.78 is 1.83. The first-order chi connectivity index (χ1) is 9.13. The van der Waals surface area contributed by atoms with Gasteiger partial charge in [-0.15, -0.1) is 0 Å². The van der Waals surface area contributed by atoms with Crippen LogP contribution in [0.3, 0.4) is 0 Å². The van der Waals surface area contributed by atoms with E-state index in [1.165, 1.54) is 5.56 Å². The average molecular weight is 254 g/mol. The number of hydrogen-bond acceptors (Lipinski definition) is 3. The summed E-state index contributed by atoms with van der Waals surface area (Å²) >= 11 is 0. The molecule has 0 aliphatic carbocycles. The maximum atomic E-state index is 9.10. The van der Waals surface area contributed by atoms with Crippen LogP contribution in [0.5, 0.6) is 0 Å². The third kappa shape index (κ3) is 2.94. The van der Waals surface area contributed by atoms with Crippen LogP contribution in [0.4, 0.5) is 5.69 Å². The summed E-state index contributed by atoms with van der Waals surface area (Å²) in [5.74, 6) is 0. The minimum atomic E-state index is 0.674. The molecule has 98 valence electrons. The lowest BCUT2D eigenvalue weighted by molar-refractivity contribution is 0.746. The molecular formula is C15H18N4. The molecule has 4 nitrogen and oxygen atoms in total. The van der Waals surface area contributed by atoms with Crippen molar-refractivity contribution in [3.8, 4) is 6.07 Å². The van der Waals surface area contributed by atoms with E-state index in [1.54, 1.807) is 0 Å². The lowest BCUT2D eigenvalue weighted by Gasteiger charge is -2.08. The SMILES string of the molecule is CCc1nn(C)cc1CNc1cc(C)ccc1C#N. The van der Waals surface area contributed by atoms with Gasteiger partial charge in [0.1, 0.15) is 6.07 Å². The number of anilines is 1. The van der Waals surface area contributed by atoms with E-state index in [1.807, 2.05) is 43.0 Å². The van der Waals surface area contributed by atoms with Crippen molar-refractivity contribution in [2.24, 2.45) is 7.05 Å². The molecule has 0 fully saturated rings. The average Bonchev–Trinajstić information content (AvgIpc) is 2.77. The van der Waals surface area contributed by atoms with Gasteiger partial charge in [-0.05, 0) is 31.0 Å². The molecule has 0 amide bonds. The van der Waals surface area contributed by atoms with Crippen LogP contribution in [0.15, 0.2) is 24.4 Å². The molecule has 1 heterocycles. The highest BCUT2D eigenvalue weighted by atomic mass is 15.3. The van der Waals surface area contributed by atoms with Gasteiger partial charge in [-0.3, -0.25) is 4.68 Å². The predicted octanol–water partition coefficient (Wildman–Crippen LogP) is 2.77. The fourth-order valence-corrected chi connectivity index (χ4v) is 2.12. The number of aryl methyl sites for hydroxylation is 3. The minimum Gasteiger partial charge on any atom is -0.380 e. The standard InChI is InChI=1S/C15H18N4/c1-4-14-13(10-19(3)18-14)9-17-15-7-11(2)5-6-12(15)8-16/h5-7,10,17H,4,9H2,1-3H3. The van der Waals surface area contributed by atoms with Gasteiger partial charge in [-0.25, -0.2) is 0 Å². The Hall–Kier alpha value is -2.28. The molecule has 1 aromatic carbocycles. The van der Waals surface area contributed by atoms with Crippen LogP contribution in [0.2, 0.25) is 0 Å². The van der Waals surface area contributed by atoms with Crippen LogP contribution in [0.25, 0.3) is 0 Å². The molecule has 1 aromatic heterocycles. The zero-order chi connectivity index (χ0) is 13.8.